The number of carbonyl (C=O) groups excluding carboxylic acids is 2. The summed E-state index contributed by atoms with van der Waals surface area (Å²) in [5.74, 6) is 4.11. The van der Waals surface area contributed by atoms with Crippen LogP contribution in [0.1, 0.15) is 91.9 Å². The van der Waals surface area contributed by atoms with Crippen molar-refractivity contribution >= 4 is 11.8 Å². The Bertz CT molecular complexity index is 1080. The minimum Gasteiger partial charge on any atom is -0.357 e. The summed E-state index contributed by atoms with van der Waals surface area (Å²) in [6.07, 6.45) is 13.6. The zero-order chi connectivity index (χ0) is 28.6. The summed E-state index contributed by atoms with van der Waals surface area (Å²) in [6, 6.07) is 0.157. The van der Waals surface area contributed by atoms with E-state index in [2.05, 4.69) is 49.7 Å². The maximum Gasteiger partial charge on any atom is 0.232 e. The van der Waals surface area contributed by atoms with Crippen molar-refractivity contribution in [2.45, 2.75) is 110 Å². The fourth-order valence-electron chi connectivity index (χ4n) is 11.4. The van der Waals surface area contributed by atoms with Crippen molar-refractivity contribution in [2.75, 3.05) is 32.7 Å². The van der Waals surface area contributed by atoms with Crippen LogP contribution in [0.3, 0.4) is 0 Å². The Labute approximate surface area is 247 Å². The van der Waals surface area contributed by atoms with E-state index in [4.69, 9.17) is 4.74 Å². The summed E-state index contributed by atoms with van der Waals surface area (Å²) in [5, 5.41) is 10.4. The van der Waals surface area contributed by atoms with Crippen molar-refractivity contribution in [1.82, 2.24) is 20.9 Å². The normalized spacial score (nSPS) is 49.0. The van der Waals surface area contributed by atoms with E-state index in [1.54, 1.807) is 5.57 Å². The molecule has 2 amide bonds. The molecule has 0 aromatic rings. The molecule has 7 nitrogen and oxygen atoms in total. The summed E-state index contributed by atoms with van der Waals surface area (Å²) >= 11 is 0. The lowest BCUT2D eigenvalue weighted by Gasteiger charge is -2.58. The van der Waals surface area contributed by atoms with Crippen molar-refractivity contribution in [1.29, 1.82) is 0 Å². The van der Waals surface area contributed by atoms with Crippen LogP contribution >= 0.6 is 0 Å². The molecule has 3 heterocycles. The predicted molar refractivity (Wildman–Crippen MR) is 160 cm³/mol. The van der Waals surface area contributed by atoms with Gasteiger partial charge in [0.15, 0.2) is 0 Å². The summed E-state index contributed by atoms with van der Waals surface area (Å²) in [6.45, 7) is 14.2. The molecule has 1 spiro atoms. The van der Waals surface area contributed by atoms with Crippen LogP contribution in [0, 0.1) is 46.3 Å². The van der Waals surface area contributed by atoms with Gasteiger partial charge in [-0.25, -0.2) is 0 Å². The Hall–Kier alpha value is -1.44. The minimum atomic E-state index is -0.101. The van der Waals surface area contributed by atoms with Gasteiger partial charge in [0.2, 0.25) is 11.8 Å². The van der Waals surface area contributed by atoms with E-state index in [9.17, 15) is 9.59 Å². The number of fused-ring (bicyclic) bond motifs is 7. The van der Waals surface area contributed by atoms with Crippen molar-refractivity contribution < 1.29 is 14.3 Å². The van der Waals surface area contributed by atoms with Gasteiger partial charge in [0.05, 0.1) is 6.10 Å². The summed E-state index contributed by atoms with van der Waals surface area (Å²) in [4.78, 5) is 27.3. The molecule has 0 aromatic carbocycles. The highest BCUT2D eigenvalue weighted by Gasteiger charge is 2.68. The van der Waals surface area contributed by atoms with E-state index in [-0.39, 0.29) is 35.4 Å². The average molecular weight is 567 g/mol. The number of rotatable bonds is 3. The maximum atomic E-state index is 12.8. The monoisotopic (exact) mass is 566 g/mol. The Balaban J connectivity index is 1.01. The SMILES string of the molecule is C[C@@H]1CC[C@@]2(NC1)O[C@H]1C[C@H]3[C@@H]4CC=C5C[C@H](NC(=O)CC(=O)N6CCNCC6)CC[C@]5(C)[C@H]4CC[C@]3(C)[C@H]1[C@@H]2C. The van der Waals surface area contributed by atoms with Gasteiger partial charge >= 0.3 is 0 Å². The number of amides is 2. The molecule has 3 saturated heterocycles. The lowest BCUT2D eigenvalue weighted by atomic mass is 9.46. The lowest BCUT2D eigenvalue weighted by Crippen LogP contribution is -2.57. The Morgan fingerprint density at radius 3 is 2.63 bits per heavy atom. The maximum absolute atomic E-state index is 12.8. The minimum absolute atomic E-state index is 0.0174. The first-order valence-electron chi connectivity index (χ1n) is 17.0. The topological polar surface area (TPSA) is 82.7 Å². The van der Waals surface area contributed by atoms with Gasteiger partial charge in [0.25, 0.3) is 0 Å². The Kier molecular flexibility index (Phi) is 7.14. The molecule has 6 fully saturated rings. The number of hydrogen-bond donors (Lipinski definition) is 3. The standard InChI is InChI=1S/C34H54N4O3/c1-21-7-12-34(36-20-21)22(2)31-28(41-34)18-27-25-6-5-23-17-24(8-10-32(23,3)26(25)9-11-33(27,31)4)37-29(39)19-30(40)38-15-13-35-14-16-38/h5,21-22,24-28,31,35-36H,6-20H2,1-4H3,(H,37,39)/t21-,22+,24-,25-,26+,27+,28+,31+,32+,33+,34-/m1/s1. The zero-order valence-electron chi connectivity index (χ0n) is 26.0. The molecule has 3 saturated carbocycles. The van der Waals surface area contributed by atoms with E-state index in [0.29, 0.717) is 36.4 Å². The van der Waals surface area contributed by atoms with E-state index in [1.807, 2.05) is 4.90 Å². The van der Waals surface area contributed by atoms with Crippen LogP contribution in [0.15, 0.2) is 11.6 Å². The Morgan fingerprint density at radius 1 is 1.07 bits per heavy atom. The first-order chi connectivity index (χ1) is 19.6. The molecule has 0 radical (unpaired) electrons. The molecule has 4 aliphatic carbocycles. The van der Waals surface area contributed by atoms with Crippen molar-refractivity contribution in [3.8, 4) is 0 Å². The molecular formula is C34H54N4O3. The van der Waals surface area contributed by atoms with Crippen LogP contribution in [0.4, 0.5) is 0 Å². The molecule has 3 N–H and O–H groups in total. The van der Waals surface area contributed by atoms with Gasteiger partial charge < -0.3 is 20.3 Å². The first kappa shape index (κ1) is 28.3. The highest BCUT2D eigenvalue weighted by atomic mass is 16.5. The molecule has 0 bridgehead atoms. The lowest BCUT2D eigenvalue weighted by molar-refractivity contribution is -0.136. The fraction of sp³-hybridized carbons (Fsp3) is 0.882. The Morgan fingerprint density at radius 2 is 1.88 bits per heavy atom. The third-order valence-electron chi connectivity index (χ3n) is 13.7. The number of nitrogens with zero attached hydrogens (tertiary/aromatic N) is 1. The van der Waals surface area contributed by atoms with Gasteiger partial charge in [0.1, 0.15) is 12.1 Å². The van der Waals surface area contributed by atoms with Crippen molar-refractivity contribution in [3.63, 3.8) is 0 Å². The summed E-state index contributed by atoms with van der Waals surface area (Å²) < 4.78 is 7.06. The average Bonchev–Trinajstić information content (AvgIpc) is 3.40. The molecule has 0 unspecified atom stereocenters. The van der Waals surface area contributed by atoms with Crippen molar-refractivity contribution in [3.05, 3.63) is 11.6 Å². The summed E-state index contributed by atoms with van der Waals surface area (Å²) in [5.41, 5.74) is 2.11. The zero-order valence-corrected chi connectivity index (χ0v) is 26.0. The van der Waals surface area contributed by atoms with Crippen LogP contribution in [0.2, 0.25) is 0 Å². The first-order valence-corrected chi connectivity index (χ1v) is 17.0. The molecule has 7 aliphatic rings. The molecule has 3 aliphatic heterocycles. The number of ether oxygens (including phenoxy) is 1. The molecule has 11 atom stereocenters. The smallest absolute Gasteiger partial charge is 0.232 e. The van der Waals surface area contributed by atoms with Gasteiger partial charge in [0, 0.05) is 44.7 Å². The second-order valence-corrected chi connectivity index (χ2v) is 15.7. The molecule has 7 heteroatoms. The highest BCUT2D eigenvalue weighted by Crippen LogP contribution is 2.70. The van der Waals surface area contributed by atoms with Crippen LogP contribution in [0.5, 0.6) is 0 Å². The number of hydrogen-bond acceptors (Lipinski definition) is 5. The number of allylic oxidation sites excluding steroid dienone is 1. The van der Waals surface area contributed by atoms with Crippen LogP contribution in [0.25, 0.3) is 0 Å². The highest BCUT2D eigenvalue weighted by molar-refractivity contribution is 5.97. The van der Waals surface area contributed by atoms with Gasteiger partial charge in [-0.15, -0.1) is 0 Å². The number of piperazine rings is 1. The molecular weight excluding hydrogens is 512 g/mol. The predicted octanol–water partition coefficient (Wildman–Crippen LogP) is 4.23. The quantitative estimate of drug-likeness (QED) is 0.352. The van der Waals surface area contributed by atoms with Gasteiger partial charge in [-0.3, -0.25) is 14.9 Å². The van der Waals surface area contributed by atoms with E-state index in [1.165, 1.54) is 38.5 Å². The van der Waals surface area contributed by atoms with E-state index < -0.39 is 0 Å². The molecule has 0 aromatic heterocycles. The van der Waals surface area contributed by atoms with Crippen LogP contribution in [-0.4, -0.2) is 67.3 Å². The van der Waals surface area contributed by atoms with Gasteiger partial charge in [-0.1, -0.05) is 39.3 Å². The number of nitrogens with one attached hydrogen (secondary N) is 3. The molecule has 41 heavy (non-hydrogen) atoms. The van der Waals surface area contributed by atoms with Gasteiger partial charge in [-0.05, 0) is 98.2 Å². The fourth-order valence-corrected chi connectivity index (χ4v) is 11.4. The number of piperidine rings is 1. The summed E-state index contributed by atoms with van der Waals surface area (Å²) in [7, 11) is 0. The number of carbonyl (C=O) groups is 2. The third kappa shape index (κ3) is 4.54. The second kappa shape index (κ2) is 10.3. The van der Waals surface area contributed by atoms with Crippen molar-refractivity contribution in [2.24, 2.45) is 46.3 Å². The molecule has 7 rings (SSSR count). The van der Waals surface area contributed by atoms with E-state index in [0.717, 1.165) is 62.6 Å². The third-order valence-corrected chi connectivity index (χ3v) is 13.7. The van der Waals surface area contributed by atoms with Crippen LogP contribution in [-0.2, 0) is 14.3 Å². The largest absolute Gasteiger partial charge is 0.357 e. The molecule has 228 valence electrons. The van der Waals surface area contributed by atoms with Gasteiger partial charge in [-0.2, -0.15) is 0 Å². The van der Waals surface area contributed by atoms with Crippen LogP contribution < -0.4 is 16.0 Å². The van der Waals surface area contributed by atoms with E-state index >= 15 is 0 Å². The second-order valence-electron chi connectivity index (χ2n) is 15.7.